The van der Waals surface area contributed by atoms with Crippen LogP contribution < -0.4 is 4.90 Å². The van der Waals surface area contributed by atoms with E-state index in [1.54, 1.807) is 11.0 Å². The van der Waals surface area contributed by atoms with Gasteiger partial charge in [0, 0.05) is 32.1 Å². The second-order valence-electron chi connectivity index (χ2n) is 7.51. The normalized spacial score (nSPS) is 18.8. The molecule has 1 aromatic carbocycles. The zero-order valence-corrected chi connectivity index (χ0v) is 18.6. The Morgan fingerprint density at radius 1 is 1.09 bits per heavy atom. The van der Waals surface area contributed by atoms with E-state index < -0.39 is 33.5 Å². The number of amides is 1. The van der Waals surface area contributed by atoms with Crippen molar-refractivity contribution in [3.05, 3.63) is 52.1 Å². The van der Waals surface area contributed by atoms with Gasteiger partial charge in [0.2, 0.25) is 0 Å². The first-order valence-corrected chi connectivity index (χ1v) is 11.6. The molecule has 0 N–H and O–H groups in total. The van der Waals surface area contributed by atoms with E-state index in [1.807, 2.05) is 0 Å². The Labute approximate surface area is 191 Å². The molecule has 0 radical (unpaired) electrons. The number of rotatable bonds is 3. The largest absolute Gasteiger partial charge is 0.440 e. The number of sulfonamides is 1. The van der Waals surface area contributed by atoms with E-state index in [-0.39, 0.29) is 53.2 Å². The minimum atomic E-state index is -4.56. The van der Waals surface area contributed by atoms with Crippen LogP contribution in [0.3, 0.4) is 0 Å². The Morgan fingerprint density at radius 2 is 1.75 bits per heavy atom. The summed E-state index contributed by atoms with van der Waals surface area (Å²) in [4.78, 5) is 17.8. The minimum absolute atomic E-state index is 0.0147. The predicted molar refractivity (Wildman–Crippen MR) is 110 cm³/mol. The Bertz CT molecular complexity index is 1170. The first-order chi connectivity index (χ1) is 14.9. The second kappa shape index (κ2) is 7.96. The smallest absolute Gasteiger partial charge is 0.424 e. The number of pyridine rings is 1. The molecule has 0 unspecified atom stereocenters. The summed E-state index contributed by atoms with van der Waals surface area (Å²) in [6.45, 7) is 0.318. The number of alkyl halides is 3. The Morgan fingerprint density at radius 3 is 2.34 bits per heavy atom. The number of halogens is 5. The summed E-state index contributed by atoms with van der Waals surface area (Å²) in [5.41, 5.74) is -2.01. The van der Waals surface area contributed by atoms with Crippen LogP contribution in [-0.4, -0.2) is 49.0 Å². The van der Waals surface area contributed by atoms with Gasteiger partial charge in [-0.05, 0) is 18.2 Å². The minimum Gasteiger partial charge on any atom is -0.440 e. The molecule has 13 heteroatoms. The van der Waals surface area contributed by atoms with E-state index in [0.717, 1.165) is 6.07 Å². The first kappa shape index (κ1) is 22.9. The van der Waals surface area contributed by atoms with Crippen molar-refractivity contribution in [3.63, 3.8) is 0 Å². The van der Waals surface area contributed by atoms with Gasteiger partial charge in [-0.3, -0.25) is 0 Å². The summed E-state index contributed by atoms with van der Waals surface area (Å²) in [5.74, 6) is 0.180. The maximum absolute atomic E-state index is 12.9. The third-order valence-electron chi connectivity index (χ3n) is 5.47. The van der Waals surface area contributed by atoms with E-state index in [1.165, 1.54) is 18.2 Å². The molecule has 1 aromatic heterocycles. The fourth-order valence-corrected chi connectivity index (χ4v) is 5.91. The molecule has 1 spiro atoms. The van der Waals surface area contributed by atoms with Crippen molar-refractivity contribution in [1.29, 1.82) is 0 Å². The molecule has 2 saturated heterocycles. The van der Waals surface area contributed by atoms with E-state index in [2.05, 4.69) is 4.98 Å². The molecular weight excluding hydrogens is 494 g/mol. The van der Waals surface area contributed by atoms with Crippen LogP contribution in [0.4, 0.5) is 23.8 Å². The van der Waals surface area contributed by atoms with Gasteiger partial charge >= 0.3 is 12.3 Å². The molecule has 2 aliphatic rings. The number of piperidine rings is 1. The van der Waals surface area contributed by atoms with E-state index >= 15 is 0 Å². The van der Waals surface area contributed by atoms with Crippen LogP contribution in [0.15, 0.2) is 41.4 Å². The van der Waals surface area contributed by atoms with E-state index in [9.17, 15) is 26.4 Å². The Hall–Kier alpha value is -2.24. The number of benzene rings is 1. The van der Waals surface area contributed by atoms with Crippen LogP contribution in [-0.2, 0) is 20.9 Å². The molecule has 1 amide bonds. The van der Waals surface area contributed by atoms with Crippen LogP contribution in [0.1, 0.15) is 18.4 Å². The van der Waals surface area contributed by atoms with E-state index in [4.69, 9.17) is 27.9 Å². The zero-order chi connectivity index (χ0) is 23.3. The van der Waals surface area contributed by atoms with Crippen LogP contribution in [0.25, 0.3) is 0 Å². The highest BCUT2D eigenvalue weighted by Crippen LogP contribution is 2.39. The van der Waals surface area contributed by atoms with Gasteiger partial charge in [0.1, 0.15) is 16.3 Å². The second-order valence-corrected chi connectivity index (χ2v) is 10.2. The van der Waals surface area contributed by atoms with Gasteiger partial charge in [-0.25, -0.2) is 18.2 Å². The molecule has 0 bridgehead atoms. The quantitative estimate of drug-likeness (QED) is 0.602. The molecular formula is C19H16Cl2F3N3O4S. The number of carbonyl (C=O) groups is 1. The van der Waals surface area contributed by atoms with Crippen LogP contribution in [0.2, 0.25) is 10.0 Å². The fraction of sp³-hybridized carbons (Fsp3) is 0.368. The monoisotopic (exact) mass is 509 g/mol. The molecule has 0 saturated carbocycles. The zero-order valence-electron chi connectivity index (χ0n) is 16.3. The topological polar surface area (TPSA) is 79.8 Å². The summed E-state index contributed by atoms with van der Waals surface area (Å²) in [6, 6.07) is 6.58. The molecule has 0 atom stereocenters. The summed E-state index contributed by atoms with van der Waals surface area (Å²) in [5, 5.41) is -0.166. The van der Waals surface area contributed by atoms with Gasteiger partial charge in [0.05, 0.1) is 22.2 Å². The standard InChI is InChI=1S/C19H16Cl2F3N3O4S/c20-13-3-1-2-4-15(13)32(29,30)27-11-18(31-17(27)28)5-7-26(8-6-18)16-14(21)9-12(10-25-16)19(22,23)24/h1-4,9-10H,5-8,11H2. The van der Waals surface area contributed by atoms with Crippen LogP contribution in [0, 0.1) is 0 Å². The number of carbonyl (C=O) groups excluding carboxylic acids is 1. The lowest BCUT2D eigenvalue weighted by atomic mass is 9.91. The summed E-state index contributed by atoms with van der Waals surface area (Å²) in [7, 11) is -4.21. The summed E-state index contributed by atoms with van der Waals surface area (Å²) >= 11 is 12.0. The fourth-order valence-electron chi connectivity index (χ4n) is 3.76. The van der Waals surface area contributed by atoms with Crippen molar-refractivity contribution in [1.82, 2.24) is 9.29 Å². The lowest BCUT2D eigenvalue weighted by Crippen LogP contribution is -2.47. The average Bonchev–Trinajstić information content (AvgIpc) is 3.05. The number of ether oxygens (including phenoxy) is 1. The first-order valence-electron chi connectivity index (χ1n) is 9.41. The predicted octanol–water partition coefficient (Wildman–Crippen LogP) is 4.59. The van der Waals surface area contributed by atoms with Gasteiger partial charge < -0.3 is 9.64 Å². The number of hydrogen-bond donors (Lipinski definition) is 0. The van der Waals surface area contributed by atoms with E-state index in [0.29, 0.717) is 10.5 Å². The van der Waals surface area contributed by atoms with Crippen molar-refractivity contribution in [2.24, 2.45) is 0 Å². The van der Waals surface area contributed by atoms with Gasteiger partial charge in [-0.15, -0.1) is 0 Å². The van der Waals surface area contributed by atoms with Crippen molar-refractivity contribution in [3.8, 4) is 0 Å². The highest BCUT2D eigenvalue weighted by Gasteiger charge is 2.51. The Balaban J connectivity index is 1.50. The third kappa shape index (κ3) is 4.08. The Kier molecular flexibility index (Phi) is 5.71. The molecule has 2 aromatic rings. The van der Waals surface area contributed by atoms with Crippen molar-refractivity contribution < 1.29 is 31.1 Å². The summed E-state index contributed by atoms with van der Waals surface area (Å²) in [6.07, 6.45) is -4.36. The SMILES string of the molecule is O=C1OC2(CCN(c3ncc(C(F)(F)F)cc3Cl)CC2)CN1S(=O)(=O)c1ccccc1Cl. The average molecular weight is 510 g/mol. The third-order valence-corrected chi connectivity index (χ3v) is 7.96. The molecule has 32 heavy (non-hydrogen) atoms. The van der Waals surface area contributed by atoms with Crippen molar-refractivity contribution in [2.75, 3.05) is 24.5 Å². The van der Waals surface area contributed by atoms with Crippen LogP contribution in [0.5, 0.6) is 0 Å². The number of nitrogens with zero attached hydrogens (tertiary/aromatic N) is 3. The number of hydrogen-bond acceptors (Lipinski definition) is 6. The van der Waals surface area contributed by atoms with Crippen molar-refractivity contribution >= 4 is 45.1 Å². The van der Waals surface area contributed by atoms with Gasteiger partial charge in [-0.1, -0.05) is 35.3 Å². The van der Waals surface area contributed by atoms with Gasteiger partial charge in [-0.2, -0.15) is 17.5 Å². The molecule has 0 aliphatic carbocycles. The lowest BCUT2D eigenvalue weighted by Gasteiger charge is -2.38. The molecule has 2 fully saturated rings. The molecule has 172 valence electrons. The maximum atomic E-state index is 12.9. The van der Waals surface area contributed by atoms with Crippen molar-refractivity contribution in [2.45, 2.75) is 29.5 Å². The molecule has 3 heterocycles. The molecule has 7 nitrogen and oxygen atoms in total. The van der Waals surface area contributed by atoms with Gasteiger partial charge in [0.15, 0.2) is 0 Å². The summed E-state index contributed by atoms with van der Waals surface area (Å²) < 4.78 is 70.5. The van der Waals surface area contributed by atoms with Gasteiger partial charge in [0.25, 0.3) is 10.0 Å². The molecule has 4 rings (SSSR count). The highest BCUT2D eigenvalue weighted by molar-refractivity contribution is 7.89. The maximum Gasteiger partial charge on any atom is 0.424 e. The lowest BCUT2D eigenvalue weighted by molar-refractivity contribution is -0.137. The number of anilines is 1. The molecule has 2 aliphatic heterocycles. The van der Waals surface area contributed by atoms with Crippen LogP contribution >= 0.6 is 23.2 Å². The highest BCUT2D eigenvalue weighted by atomic mass is 35.5. The number of aromatic nitrogens is 1.